The average Bonchev–Trinajstić information content (AvgIpc) is 2.95. The first-order valence-electron chi connectivity index (χ1n) is 7.94. The van der Waals surface area contributed by atoms with E-state index in [1.54, 1.807) is 18.2 Å². The predicted octanol–water partition coefficient (Wildman–Crippen LogP) is 1.66. The van der Waals surface area contributed by atoms with Gasteiger partial charge in [0.05, 0.1) is 6.61 Å². The Balaban J connectivity index is 1.68. The van der Waals surface area contributed by atoms with Crippen LogP contribution in [0.2, 0.25) is 0 Å². The lowest BCUT2D eigenvalue weighted by molar-refractivity contribution is 0.0935. The molecule has 1 atom stereocenters. The van der Waals surface area contributed by atoms with Gasteiger partial charge in [-0.25, -0.2) is 0 Å². The molecule has 2 N–H and O–H groups in total. The summed E-state index contributed by atoms with van der Waals surface area (Å²) in [6, 6.07) is 15.6. The van der Waals surface area contributed by atoms with Crippen LogP contribution in [0.5, 0.6) is 0 Å². The van der Waals surface area contributed by atoms with Crippen LogP contribution in [0.25, 0.3) is 0 Å². The number of fused-ring (bicyclic) bond motifs is 1. The fourth-order valence-electron chi connectivity index (χ4n) is 2.84. The third-order valence-corrected chi connectivity index (χ3v) is 4.22. The van der Waals surface area contributed by atoms with Gasteiger partial charge in [-0.2, -0.15) is 0 Å². The van der Waals surface area contributed by atoms with Crippen molar-refractivity contribution >= 4 is 18.5 Å². The summed E-state index contributed by atoms with van der Waals surface area (Å²) >= 11 is 0. The SMILES string of the molecule is CCC(Cc1ccccc1)NC(=O)c1ccc2c(c1)COB2O. The minimum atomic E-state index is -0.872. The molecule has 2 aromatic carbocycles. The zero-order valence-electron chi connectivity index (χ0n) is 13.2. The van der Waals surface area contributed by atoms with E-state index in [0.29, 0.717) is 12.2 Å². The maximum Gasteiger partial charge on any atom is 0.491 e. The lowest BCUT2D eigenvalue weighted by atomic mass is 9.79. The van der Waals surface area contributed by atoms with Gasteiger partial charge in [0.2, 0.25) is 0 Å². The first kappa shape index (κ1) is 15.8. The quantitative estimate of drug-likeness (QED) is 0.826. The molecule has 0 fully saturated rings. The molecule has 0 aliphatic carbocycles. The fourth-order valence-corrected chi connectivity index (χ4v) is 2.84. The number of nitrogens with one attached hydrogen (secondary N) is 1. The zero-order chi connectivity index (χ0) is 16.2. The summed E-state index contributed by atoms with van der Waals surface area (Å²) < 4.78 is 5.16. The van der Waals surface area contributed by atoms with E-state index in [2.05, 4.69) is 24.4 Å². The second-order valence-electron chi connectivity index (χ2n) is 5.85. The summed E-state index contributed by atoms with van der Waals surface area (Å²) in [7, 11) is -0.872. The van der Waals surface area contributed by atoms with E-state index in [1.807, 2.05) is 18.2 Å². The molecule has 1 amide bonds. The van der Waals surface area contributed by atoms with Gasteiger partial charge in [-0.1, -0.05) is 43.3 Å². The minimum Gasteiger partial charge on any atom is -0.423 e. The molecular formula is C18H20BNO3. The molecule has 23 heavy (non-hydrogen) atoms. The average molecular weight is 309 g/mol. The molecular weight excluding hydrogens is 289 g/mol. The number of hydrogen-bond donors (Lipinski definition) is 2. The summed E-state index contributed by atoms with van der Waals surface area (Å²) in [5.41, 5.74) is 3.44. The molecule has 1 unspecified atom stereocenters. The Morgan fingerprint density at radius 1 is 1.30 bits per heavy atom. The Kier molecular flexibility index (Phi) is 4.79. The van der Waals surface area contributed by atoms with Crippen LogP contribution < -0.4 is 10.8 Å². The number of carbonyl (C=O) groups excluding carboxylic acids is 1. The second-order valence-corrected chi connectivity index (χ2v) is 5.85. The Labute approximate surface area is 136 Å². The minimum absolute atomic E-state index is 0.0861. The third kappa shape index (κ3) is 3.63. The first-order valence-corrected chi connectivity index (χ1v) is 7.94. The van der Waals surface area contributed by atoms with E-state index in [4.69, 9.17) is 4.65 Å². The van der Waals surface area contributed by atoms with Crippen LogP contribution in [0.15, 0.2) is 48.5 Å². The third-order valence-electron chi connectivity index (χ3n) is 4.22. The smallest absolute Gasteiger partial charge is 0.423 e. The zero-order valence-corrected chi connectivity index (χ0v) is 13.2. The Morgan fingerprint density at radius 2 is 2.09 bits per heavy atom. The monoisotopic (exact) mass is 309 g/mol. The molecule has 4 nitrogen and oxygen atoms in total. The van der Waals surface area contributed by atoms with Gasteiger partial charge < -0.3 is 15.0 Å². The van der Waals surface area contributed by atoms with E-state index in [1.165, 1.54) is 5.56 Å². The first-order chi connectivity index (χ1) is 11.2. The largest absolute Gasteiger partial charge is 0.491 e. The standard InChI is InChI=1S/C18H20BNO3/c1-2-16(10-13-6-4-3-5-7-13)20-18(21)14-8-9-17-15(11-14)12-23-19(17)22/h3-9,11,16,22H,2,10,12H2,1H3,(H,20,21). The Morgan fingerprint density at radius 3 is 2.83 bits per heavy atom. The highest BCUT2D eigenvalue weighted by Gasteiger charge is 2.27. The van der Waals surface area contributed by atoms with E-state index in [-0.39, 0.29) is 11.9 Å². The van der Waals surface area contributed by atoms with Crippen molar-refractivity contribution in [3.05, 3.63) is 65.2 Å². The Hall–Kier alpha value is -2.11. The molecule has 0 saturated heterocycles. The van der Waals surface area contributed by atoms with Gasteiger partial charge in [-0.15, -0.1) is 0 Å². The van der Waals surface area contributed by atoms with Crippen LogP contribution in [-0.4, -0.2) is 24.1 Å². The van der Waals surface area contributed by atoms with E-state index in [9.17, 15) is 9.82 Å². The number of carbonyl (C=O) groups is 1. The van der Waals surface area contributed by atoms with Crippen LogP contribution in [-0.2, 0) is 17.7 Å². The highest BCUT2D eigenvalue weighted by Crippen LogP contribution is 2.13. The molecule has 3 rings (SSSR count). The molecule has 1 aliphatic heterocycles. The van der Waals surface area contributed by atoms with Gasteiger partial charge in [-0.05, 0) is 41.6 Å². The molecule has 0 aromatic heterocycles. The second kappa shape index (κ2) is 6.98. The molecule has 118 valence electrons. The molecule has 5 heteroatoms. The van der Waals surface area contributed by atoms with Crippen molar-refractivity contribution in [2.24, 2.45) is 0 Å². The van der Waals surface area contributed by atoms with Gasteiger partial charge in [0.25, 0.3) is 5.91 Å². The van der Waals surface area contributed by atoms with Crippen molar-refractivity contribution in [3.8, 4) is 0 Å². The van der Waals surface area contributed by atoms with Gasteiger partial charge in [-0.3, -0.25) is 4.79 Å². The topological polar surface area (TPSA) is 58.6 Å². The molecule has 0 bridgehead atoms. The normalized spacial score (nSPS) is 14.4. The fraction of sp³-hybridized carbons (Fsp3) is 0.278. The highest BCUT2D eigenvalue weighted by atomic mass is 16.5. The number of benzene rings is 2. The molecule has 0 saturated carbocycles. The van der Waals surface area contributed by atoms with Crippen molar-refractivity contribution in [2.75, 3.05) is 0 Å². The van der Waals surface area contributed by atoms with E-state index >= 15 is 0 Å². The van der Waals surface area contributed by atoms with Crippen molar-refractivity contribution in [2.45, 2.75) is 32.4 Å². The van der Waals surface area contributed by atoms with E-state index < -0.39 is 7.12 Å². The van der Waals surface area contributed by atoms with Crippen molar-refractivity contribution < 1.29 is 14.5 Å². The van der Waals surface area contributed by atoms with E-state index in [0.717, 1.165) is 23.9 Å². The van der Waals surface area contributed by atoms with Crippen LogP contribution in [0.3, 0.4) is 0 Å². The molecule has 0 spiro atoms. The number of rotatable bonds is 5. The van der Waals surface area contributed by atoms with Crippen LogP contribution in [0, 0.1) is 0 Å². The maximum absolute atomic E-state index is 12.5. The van der Waals surface area contributed by atoms with Crippen molar-refractivity contribution in [1.82, 2.24) is 5.32 Å². The van der Waals surface area contributed by atoms with Crippen LogP contribution in [0.1, 0.15) is 34.8 Å². The molecule has 0 radical (unpaired) electrons. The molecule has 1 heterocycles. The number of hydrogen-bond acceptors (Lipinski definition) is 3. The van der Waals surface area contributed by atoms with Crippen molar-refractivity contribution in [3.63, 3.8) is 0 Å². The van der Waals surface area contributed by atoms with Crippen LogP contribution >= 0.6 is 0 Å². The van der Waals surface area contributed by atoms with Gasteiger partial charge in [0.15, 0.2) is 0 Å². The summed E-state index contributed by atoms with van der Waals surface area (Å²) in [5, 5.41) is 12.7. The molecule has 2 aromatic rings. The van der Waals surface area contributed by atoms with Crippen LogP contribution in [0.4, 0.5) is 0 Å². The lowest BCUT2D eigenvalue weighted by Crippen LogP contribution is -2.36. The van der Waals surface area contributed by atoms with Gasteiger partial charge in [0.1, 0.15) is 0 Å². The van der Waals surface area contributed by atoms with Gasteiger partial charge >= 0.3 is 7.12 Å². The maximum atomic E-state index is 12.5. The summed E-state index contributed by atoms with van der Waals surface area (Å²) in [5.74, 6) is -0.0861. The van der Waals surface area contributed by atoms with Crippen molar-refractivity contribution in [1.29, 1.82) is 0 Å². The number of amides is 1. The predicted molar refractivity (Wildman–Crippen MR) is 90.5 cm³/mol. The molecule has 1 aliphatic rings. The lowest BCUT2D eigenvalue weighted by Gasteiger charge is -2.17. The van der Waals surface area contributed by atoms with Gasteiger partial charge in [0, 0.05) is 11.6 Å². The summed E-state index contributed by atoms with van der Waals surface area (Å²) in [6.07, 6.45) is 1.68. The highest BCUT2D eigenvalue weighted by molar-refractivity contribution is 6.61. The summed E-state index contributed by atoms with van der Waals surface area (Å²) in [6.45, 7) is 2.42. The summed E-state index contributed by atoms with van der Waals surface area (Å²) in [4.78, 5) is 12.5. The Bertz CT molecular complexity index is 690.